The maximum atomic E-state index is 13.5. The smallest absolute Gasteiger partial charge is 0.234 e. The van der Waals surface area contributed by atoms with Crippen LogP contribution in [0.5, 0.6) is 0 Å². The summed E-state index contributed by atoms with van der Waals surface area (Å²) in [6, 6.07) is 4.23. The second-order valence-electron chi connectivity index (χ2n) is 6.31. The first kappa shape index (κ1) is 25.6. The van der Waals surface area contributed by atoms with Gasteiger partial charge in [0.1, 0.15) is 5.82 Å². The number of benzene rings is 1. The molecule has 2 rings (SSSR count). The summed E-state index contributed by atoms with van der Waals surface area (Å²) in [5.74, 6) is -0.108. The van der Waals surface area contributed by atoms with Gasteiger partial charge < -0.3 is 10.6 Å². The van der Waals surface area contributed by atoms with Crippen LogP contribution in [-0.4, -0.2) is 45.3 Å². The van der Waals surface area contributed by atoms with E-state index in [9.17, 15) is 12.8 Å². The van der Waals surface area contributed by atoms with Crippen LogP contribution in [0.3, 0.4) is 0 Å². The van der Waals surface area contributed by atoms with Gasteiger partial charge in [-0.3, -0.25) is 9.71 Å². The van der Waals surface area contributed by atoms with Crippen LogP contribution in [0.2, 0.25) is 0 Å². The van der Waals surface area contributed by atoms with Crippen molar-refractivity contribution in [1.29, 1.82) is 0 Å². The SMILES string of the molecule is CN=C(NCCc1nc(C)c(C)s1)NCCS(=O)(=O)Nc1ccc(C)c(F)c1.I. The monoisotopic (exact) mass is 555 g/mol. The van der Waals surface area contributed by atoms with E-state index in [1.165, 1.54) is 23.1 Å². The van der Waals surface area contributed by atoms with Crippen molar-refractivity contribution in [3.8, 4) is 0 Å². The van der Waals surface area contributed by atoms with E-state index in [1.807, 2.05) is 13.8 Å². The predicted molar refractivity (Wildman–Crippen MR) is 129 cm³/mol. The van der Waals surface area contributed by atoms with Crippen molar-refractivity contribution in [3.63, 3.8) is 0 Å². The molecule has 0 bridgehead atoms. The second kappa shape index (κ2) is 11.6. The Hall–Kier alpha value is -1.47. The summed E-state index contributed by atoms with van der Waals surface area (Å²) in [7, 11) is -1.98. The maximum Gasteiger partial charge on any atom is 0.234 e. The largest absolute Gasteiger partial charge is 0.356 e. The van der Waals surface area contributed by atoms with Gasteiger partial charge in [-0.05, 0) is 38.5 Å². The van der Waals surface area contributed by atoms with Crippen LogP contribution in [0.15, 0.2) is 23.2 Å². The molecule has 162 valence electrons. The minimum absolute atomic E-state index is 0. The topological polar surface area (TPSA) is 95.5 Å². The van der Waals surface area contributed by atoms with E-state index in [0.717, 1.165) is 17.1 Å². The summed E-state index contributed by atoms with van der Waals surface area (Å²) < 4.78 is 40.2. The lowest BCUT2D eigenvalue weighted by molar-refractivity contribution is 0.599. The van der Waals surface area contributed by atoms with E-state index in [-0.39, 0.29) is 42.0 Å². The molecular weight excluding hydrogens is 528 g/mol. The Bertz CT molecular complexity index is 928. The molecule has 3 N–H and O–H groups in total. The summed E-state index contributed by atoms with van der Waals surface area (Å²) in [5, 5.41) is 7.15. The van der Waals surface area contributed by atoms with Crippen LogP contribution in [0.1, 0.15) is 21.1 Å². The van der Waals surface area contributed by atoms with Crippen molar-refractivity contribution in [2.24, 2.45) is 4.99 Å². The summed E-state index contributed by atoms with van der Waals surface area (Å²) >= 11 is 1.67. The minimum Gasteiger partial charge on any atom is -0.356 e. The fourth-order valence-corrected chi connectivity index (χ4v) is 4.24. The number of aryl methyl sites for hydroxylation is 3. The van der Waals surface area contributed by atoms with Gasteiger partial charge in [0.15, 0.2) is 5.96 Å². The van der Waals surface area contributed by atoms with Gasteiger partial charge in [-0.25, -0.2) is 17.8 Å². The van der Waals surface area contributed by atoms with Gasteiger partial charge in [-0.2, -0.15) is 0 Å². The number of hydrogen-bond donors (Lipinski definition) is 3. The molecule has 0 atom stereocenters. The predicted octanol–water partition coefficient (Wildman–Crippen LogP) is 2.97. The molecule has 0 spiro atoms. The summed E-state index contributed by atoms with van der Waals surface area (Å²) in [5.41, 5.74) is 1.72. The molecule has 0 unspecified atom stereocenters. The number of thiazole rings is 1. The highest BCUT2D eigenvalue weighted by Gasteiger charge is 2.12. The van der Waals surface area contributed by atoms with Gasteiger partial charge >= 0.3 is 0 Å². The van der Waals surface area contributed by atoms with Gasteiger partial charge in [-0.1, -0.05) is 6.07 Å². The van der Waals surface area contributed by atoms with Crippen molar-refractivity contribution in [2.75, 3.05) is 30.6 Å². The minimum atomic E-state index is -3.60. The molecule has 0 aliphatic carbocycles. The number of anilines is 1. The van der Waals surface area contributed by atoms with Gasteiger partial charge in [-0.15, -0.1) is 35.3 Å². The Balaban J connectivity index is 0.00000420. The molecule has 0 fully saturated rings. The van der Waals surface area contributed by atoms with Crippen molar-refractivity contribution in [2.45, 2.75) is 27.2 Å². The lowest BCUT2D eigenvalue weighted by Crippen LogP contribution is -2.40. The number of nitrogens with zero attached hydrogens (tertiary/aromatic N) is 2. The molecular formula is C18H27FIN5O2S2. The van der Waals surface area contributed by atoms with E-state index in [2.05, 4.69) is 25.3 Å². The highest BCUT2D eigenvalue weighted by Crippen LogP contribution is 2.16. The van der Waals surface area contributed by atoms with Crippen LogP contribution in [-0.2, 0) is 16.4 Å². The van der Waals surface area contributed by atoms with E-state index in [0.29, 0.717) is 18.1 Å². The Labute approximate surface area is 192 Å². The highest BCUT2D eigenvalue weighted by atomic mass is 127. The number of aromatic nitrogens is 1. The van der Waals surface area contributed by atoms with Crippen LogP contribution in [0, 0.1) is 26.6 Å². The van der Waals surface area contributed by atoms with Crippen molar-refractivity contribution in [1.82, 2.24) is 15.6 Å². The summed E-state index contributed by atoms with van der Waals surface area (Å²) in [6.07, 6.45) is 0.763. The molecule has 2 aromatic rings. The zero-order chi connectivity index (χ0) is 20.7. The van der Waals surface area contributed by atoms with E-state index < -0.39 is 15.8 Å². The van der Waals surface area contributed by atoms with Crippen molar-refractivity contribution < 1.29 is 12.8 Å². The molecule has 0 saturated carbocycles. The molecule has 0 aliphatic heterocycles. The van der Waals surface area contributed by atoms with Crippen LogP contribution >= 0.6 is 35.3 Å². The molecule has 0 saturated heterocycles. The van der Waals surface area contributed by atoms with E-state index >= 15 is 0 Å². The quantitative estimate of drug-likeness (QED) is 0.265. The Morgan fingerprint density at radius 2 is 1.90 bits per heavy atom. The molecule has 1 aromatic heterocycles. The Kier molecular flexibility index (Phi) is 10.3. The first-order chi connectivity index (χ1) is 13.2. The summed E-state index contributed by atoms with van der Waals surface area (Å²) in [6.45, 7) is 6.46. The summed E-state index contributed by atoms with van der Waals surface area (Å²) in [4.78, 5) is 9.77. The number of guanidine groups is 1. The fourth-order valence-electron chi connectivity index (χ4n) is 2.35. The lowest BCUT2D eigenvalue weighted by Gasteiger charge is -2.12. The molecule has 7 nitrogen and oxygen atoms in total. The van der Waals surface area contributed by atoms with Gasteiger partial charge in [0.05, 0.1) is 22.1 Å². The lowest BCUT2D eigenvalue weighted by atomic mass is 10.2. The molecule has 0 radical (unpaired) electrons. The van der Waals surface area contributed by atoms with Crippen LogP contribution in [0.25, 0.3) is 0 Å². The zero-order valence-corrected chi connectivity index (χ0v) is 20.8. The average molecular weight is 555 g/mol. The van der Waals surface area contributed by atoms with E-state index in [1.54, 1.807) is 25.3 Å². The van der Waals surface area contributed by atoms with Gasteiger partial charge in [0.25, 0.3) is 0 Å². The van der Waals surface area contributed by atoms with Crippen LogP contribution < -0.4 is 15.4 Å². The molecule has 0 aliphatic rings. The number of nitrogens with one attached hydrogen (secondary N) is 3. The Morgan fingerprint density at radius 3 is 2.48 bits per heavy atom. The third-order valence-corrected chi connectivity index (χ3v) is 6.46. The molecule has 1 aromatic carbocycles. The zero-order valence-electron chi connectivity index (χ0n) is 16.9. The first-order valence-corrected chi connectivity index (χ1v) is 11.3. The third-order valence-electron chi connectivity index (χ3n) is 4.04. The van der Waals surface area contributed by atoms with Gasteiger partial charge in [0.2, 0.25) is 10.0 Å². The van der Waals surface area contributed by atoms with Crippen molar-refractivity contribution >= 4 is 57.0 Å². The molecule has 29 heavy (non-hydrogen) atoms. The highest BCUT2D eigenvalue weighted by molar-refractivity contribution is 14.0. The number of halogens is 2. The standard InChI is InChI=1S/C18H26FN5O2S2.HI/c1-12-5-6-15(11-16(12)19)24-28(25,26)10-9-22-18(20-4)21-8-7-17-23-13(2)14(3)27-17;/h5-6,11,24H,7-10H2,1-4H3,(H2,20,21,22);1H. The fraction of sp³-hybridized carbons (Fsp3) is 0.444. The Morgan fingerprint density at radius 1 is 1.21 bits per heavy atom. The van der Waals surface area contributed by atoms with Gasteiger partial charge in [0, 0.05) is 31.4 Å². The molecule has 1 heterocycles. The molecule has 0 amide bonds. The van der Waals surface area contributed by atoms with Crippen molar-refractivity contribution in [3.05, 3.63) is 45.2 Å². The normalized spacial score (nSPS) is 11.7. The number of hydrogen-bond acceptors (Lipinski definition) is 5. The molecule has 11 heteroatoms. The maximum absolute atomic E-state index is 13.5. The number of rotatable bonds is 8. The number of aliphatic imine (C=N–C) groups is 1. The van der Waals surface area contributed by atoms with Crippen LogP contribution in [0.4, 0.5) is 10.1 Å². The first-order valence-electron chi connectivity index (χ1n) is 8.84. The van der Waals surface area contributed by atoms with E-state index in [4.69, 9.17) is 0 Å². The average Bonchev–Trinajstić information content (AvgIpc) is 2.94. The number of sulfonamides is 1. The third kappa shape index (κ3) is 8.42. The second-order valence-corrected chi connectivity index (χ2v) is 9.44.